The summed E-state index contributed by atoms with van der Waals surface area (Å²) >= 11 is 0. The molecule has 3 N–H and O–H groups in total. The van der Waals surface area contributed by atoms with Gasteiger partial charge in [-0.2, -0.15) is 5.10 Å². The SMILES string of the molecule is [B]c1c(N)ncc2[nH]c3ncc(C4C=NN(C)C4)cc3c12. The third-order valence-electron chi connectivity index (χ3n) is 3.91. The predicted molar refractivity (Wildman–Crippen MR) is 85.1 cm³/mol. The highest BCUT2D eigenvalue weighted by molar-refractivity contribution is 6.44. The number of hydrazone groups is 1. The van der Waals surface area contributed by atoms with Crippen molar-refractivity contribution in [3.63, 3.8) is 0 Å². The molecule has 2 radical (unpaired) electrons. The van der Waals surface area contributed by atoms with Crippen LogP contribution in [0.4, 0.5) is 5.82 Å². The molecule has 21 heavy (non-hydrogen) atoms. The first kappa shape index (κ1) is 12.2. The second kappa shape index (κ2) is 4.21. The topological polar surface area (TPSA) is 83.2 Å². The van der Waals surface area contributed by atoms with E-state index in [-0.39, 0.29) is 5.92 Å². The van der Waals surface area contributed by atoms with Gasteiger partial charge in [0.05, 0.1) is 11.7 Å². The Kier molecular flexibility index (Phi) is 2.45. The average Bonchev–Trinajstić information content (AvgIpc) is 3.06. The van der Waals surface area contributed by atoms with E-state index in [2.05, 4.69) is 26.1 Å². The molecule has 0 spiro atoms. The average molecular weight is 276 g/mol. The van der Waals surface area contributed by atoms with E-state index in [1.54, 1.807) is 6.20 Å². The molecule has 1 aliphatic heterocycles. The Bertz CT molecular complexity index is 884. The molecule has 0 aliphatic carbocycles. The predicted octanol–water partition coefficient (Wildman–Crippen LogP) is 0.502. The van der Waals surface area contributed by atoms with Crippen LogP contribution in [0, 0.1) is 0 Å². The molecular weight excluding hydrogens is 263 g/mol. The second-order valence-corrected chi connectivity index (χ2v) is 5.35. The number of likely N-dealkylation sites (N-methyl/N-ethyl adjacent to an activating group) is 1. The number of nitrogens with one attached hydrogen (secondary N) is 1. The van der Waals surface area contributed by atoms with E-state index in [0.717, 1.165) is 34.0 Å². The Labute approximate surface area is 122 Å². The van der Waals surface area contributed by atoms with Crippen LogP contribution in [0.25, 0.3) is 21.9 Å². The van der Waals surface area contributed by atoms with Crippen molar-refractivity contribution in [2.45, 2.75) is 5.92 Å². The monoisotopic (exact) mass is 276 g/mol. The summed E-state index contributed by atoms with van der Waals surface area (Å²) < 4.78 is 0. The van der Waals surface area contributed by atoms with Crippen molar-refractivity contribution >= 4 is 47.3 Å². The first-order valence-corrected chi connectivity index (χ1v) is 6.70. The maximum Gasteiger partial charge on any atom is 0.138 e. The fraction of sp³-hybridized carbons (Fsp3) is 0.214. The van der Waals surface area contributed by atoms with Gasteiger partial charge < -0.3 is 10.7 Å². The largest absolute Gasteiger partial charge is 0.384 e. The Balaban J connectivity index is 1.96. The first-order chi connectivity index (χ1) is 10.1. The highest BCUT2D eigenvalue weighted by Crippen LogP contribution is 2.27. The summed E-state index contributed by atoms with van der Waals surface area (Å²) in [4.78, 5) is 11.8. The van der Waals surface area contributed by atoms with Crippen LogP contribution in [0.1, 0.15) is 11.5 Å². The number of nitrogen functional groups attached to an aromatic ring is 1. The third kappa shape index (κ3) is 1.77. The van der Waals surface area contributed by atoms with Gasteiger partial charge in [0.1, 0.15) is 19.3 Å². The fourth-order valence-electron chi connectivity index (χ4n) is 2.79. The second-order valence-electron chi connectivity index (χ2n) is 5.35. The van der Waals surface area contributed by atoms with Crippen molar-refractivity contribution < 1.29 is 0 Å². The number of anilines is 1. The highest BCUT2D eigenvalue weighted by Gasteiger charge is 2.19. The number of fused-ring (bicyclic) bond motifs is 3. The number of aromatic nitrogens is 3. The molecule has 4 heterocycles. The molecule has 0 saturated heterocycles. The number of aromatic amines is 1. The Morgan fingerprint density at radius 3 is 3.00 bits per heavy atom. The zero-order valence-electron chi connectivity index (χ0n) is 11.5. The van der Waals surface area contributed by atoms with Gasteiger partial charge in [-0.25, -0.2) is 9.97 Å². The highest BCUT2D eigenvalue weighted by atomic mass is 15.4. The van der Waals surface area contributed by atoms with Gasteiger partial charge in [-0.3, -0.25) is 5.01 Å². The molecule has 0 bridgehead atoms. The van der Waals surface area contributed by atoms with E-state index in [9.17, 15) is 0 Å². The van der Waals surface area contributed by atoms with Crippen LogP contribution in [-0.2, 0) is 0 Å². The van der Waals surface area contributed by atoms with E-state index in [1.807, 2.05) is 24.5 Å². The Morgan fingerprint density at radius 2 is 2.24 bits per heavy atom. The molecule has 0 fully saturated rings. The number of H-pyrrole nitrogens is 1. The van der Waals surface area contributed by atoms with Crippen LogP contribution in [-0.4, -0.2) is 47.6 Å². The molecule has 7 heteroatoms. The van der Waals surface area contributed by atoms with Gasteiger partial charge in [-0.1, -0.05) is 0 Å². The molecule has 0 amide bonds. The van der Waals surface area contributed by atoms with Crippen LogP contribution in [0.15, 0.2) is 23.6 Å². The number of pyridine rings is 2. The summed E-state index contributed by atoms with van der Waals surface area (Å²) in [6, 6.07) is 2.10. The van der Waals surface area contributed by atoms with Crippen LogP contribution in [0.2, 0.25) is 0 Å². The molecule has 6 nitrogen and oxygen atoms in total. The molecular formula is C14H13BN6. The Hall–Kier alpha value is -2.57. The minimum atomic E-state index is 0.247. The summed E-state index contributed by atoms with van der Waals surface area (Å²) in [5, 5.41) is 8.04. The Morgan fingerprint density at radius 1 is 1.38 bits per heavy atom. The van der Waals surface area contributed by atoms with E-state index in [1.165, 1.54) is 0 Å². The summed E-state index contributed by atoms with van der Waals surface area (Å²) in [5.41, 5.74) is 9.06. The molecule has 3 aromatic heterocycles. The molecule has 1 aliphatic rings. The minimum absolute atomic E-state index is 0.247. The van der Waals surface area contributed by atoms with Crippen molar-refractivity contribution in [3.8, 4) is 0 Å². The van der Waals surface area contributed by atoms with E-state index < -0.39 is 0 Å². The number of nitrogens with two attached hydrogens (primary N) is 1. The summed E-state index contributed by atoms with van der Waals surface area (Å²) in [6.45, 7) is 0.856. The van der Waals surface area contributed by atoms with Crippen LogP contribution in [0.3, 0.4) is 0 Å². The van der Waals surface area contributed by atoms with Gasteiger partial charge in [-0.05, 0) is 17.1 Å². The maximum absolute atomic E-state index is 6.08. The standard InChI is InChI=1S/C14H13BN6/c1-21-6-8(4-19-21)7-2-9-11-10(20-14(9)18-3-7)5-17-13(16)12(11)15/h2-5,8H,6H2,1H3,(H2,16,17)(H,18,20). The van der Waals surface area contributed by atoms with Gasteiger partial charge in [0.25, 0.3) is 0 Å². The smallest absolute Gasteiger partial charge is 0.138 e. The number of rotatable bonds is 1. The van der Waals surface area contributed by atoms with Crippen molar-refractivity contribution in [1.29, 1.82) is 0 Å². The van der Waals surface area contributed by atoms with Gasteiger partial charge in [-0.15, -0.1) is 0 Å². The van der Waals surface area contributed by atoms with Crippen LogP contribution in [0.5, 0.6) is 0 Å². The molecule has 4 rings (SSSR count). The van der Waals surface area contributed by atoms with E-state index in [4.69, 9.17) is 13.6 Å². The maximum atomic E-state index is 6.08. The lowest BCUT2D eigenvalue weighted by Gasteiger charge is -2.10. The quantitative estimate of drug-likeness (QED) is 0.634. The third-order valence-corrected chi connectivity index (χ3v) is 3.91. The van der Waals surface area contributed by atoms with Crippen LogP contribution >= 0.6 is 0 Å². The molecule has 0 aromatic carbocycles. The minimum Gasteiger partial charge on any atom is -0.384 e. The zero-order chi connectivity index (χ0) is 14.6. The van der Waals surface area contributed by atoms with Crippen molar-refractivity contribution in [3.05, 3.63) is 24.0 Å². The zero-order valence-corrected chi connectivity index (χ0v) is 11.5. The number of hydrogen-bond acceptors (Lipinski definition) is 5. The van der Waals surface area contributed by atoms with Gasteiger partial charge in [0.15, 0.2) is 0 Å². The molecule has 0 saturated carbocycles. The molecule has 1 unspecified atom stereocenters. The van der Waals surface area contributed by atoms with E-state index >= 15 is 0 Å². The normalized spacial score (nSPS) is 18.1. The van der Waals surface area contributed by atoms with Gasteiger partial charge in [0.2, 0.25) is 0 Å². The lowest BCUT2D eigenvalue weighted by molar-refractivity contribution is 0.381. The lowest BCUT2D eigenvalue weighted by atomic mass is 9.91. The van der Waals surface area contributed by atoms with Crippen molar-refractivity contribution in [2.24, 2.45) is 5.10 Å². The van der Waals surface area contributed by atoms with Gasteiger partial charge >= 0.3 is 0 Å². The van der Waals surface area contributed by atoms with Crippen molar-refractivity contribution in [1.82, 2.24) is 20.0 Å². The number of nitrogens with zero attached hydrogens (tertiary/aromatic N) is 4. The summed E-state index contributed by atoms with van der Waals surface area (Å²) in [5.74, 6) is 0.591. The molecule has 1 atom stereocenters. The first-order valence-electron chi connectivity index (χ1n) is 6.70. The molecule has 102 valence electrons. The van der Waals surface area contributed by atoms with Gasteiger partial charge in [0, 0.05) is 42.7 Å². The fourth-order valence-corrected chi connectivity index (χ4v) is 2.79. The number of hydrogen-bond donors (Lipinski definition) is 2. The summed E-state index contributed by atoms with van der Waals surface area (Å²) in [6.07, 6.45) is 5.50. The van der Waals surface area contributed by atoms with E-state index in [0.29, 0.717) is 11.3 Å². The summed E-state index contributed by atoms with van der Waals surface area (Å²) in [7, 11) is 8.04. The van der Waals surface area contributed by atoms with Crippen LogP contribution < -0.4 is 11.2 Å². The molecule has 3 aromatic rings. The lowest BCUT2D eigenvalue weighted by Crippen LogP contribution is -2.13. The van der Waals surface area contributed by atoms with Crippen molar-refractivity contribution in [2.75, 3.05) is 19.3 Å².